The lowest BCUT2D eigenvalue weighted by Crippen LogP contribution is -2.40. The SMILES string of the molecule is C=CC(=O)N1CCC[C@@H](n2nc(-c3ccc(CCC(=O)c4ccc(C(F)(F)F)cc4)cc3)c3c(N)ncnc32)C1. The maximum absolute atomic E-state index is 12.8. The summed E-state index contributed by atoms with van der Waals surface area (Å²) in [5.74, 6) is -0.0564. The molecular formula is C29H27F3N6O2. The normalized spacial score (nSPS) is 15.8. The molecule has 40 heavy (non-hydrogen) atoms. The number of benzene rings is 2. The van der Waals surface area contributed by atoms with Crippen molar-refractivity contribution in [1.82, 2.24) is 24.6 Å². The second-order valence-corrected chi connectivity index (χ2v) is 9.73. The monoisotopic (exact) mass is 548 g/mol. The highest BCUT2D eigenvalue weighted by molar-refractivity contribution is 5.98. The molecule has 3 heterocycles. The van der Waals surface area contributed by atoms with Gasteiger partial charge in [-0.15, -0.1) is 0 Å². The van der Waals surface area contributed by atoms with Crippen LogP contribution in [0.3, 0.4) is 0 Å². The zero-order valence-electron chi connectivity index (χ0n) is 21.6. The Balaban J connectivity index is 1.34. The van der Waals surface area contributed by atoms with Crippen LogP contribution in [0.1, 0.15) is 46.8 Å². The number of carbonyl (C=O) groups excluding carboxylic acids is 2. The van der Waals surface area contributed by atoms with E-state index >= 15 is 0 Å². The van der Waals surface area contributed by atoms with Crippen LogP contribution in [0.25, 0.3) is 22.3 Å². The van der Waals surface area contributed by atoms with E-state index in [0.717, 1.165) is 36.1 Å². The number of ketones is 1. The Morgan fingerprint density at radius 1 is 1.07 bits per heavy atom. The van der Waals surface area contributed by atoms with Crippen LogP contribution in [-0.4, -0.2) is 49.4 Å². The van der Waals surface area contributed by atoms with Gasteiger partial charge in [-0.05, 0) is 43.0 Å². The molecular weight excluding hydrogens is 521 g/mol. The third-order valence-corrected chi connectivity index (χ3v) is 7.15. The number of alkyl halides is 3. The highest BCUT2D eigenvalue weighted by Crippen LogP contribution is 2.34. The Hall–Kier alpha value is -4.54. The van der Waals surface area contributed by atoms with Crippen LogP contribution in [0.5, 0.6) is 0 Å². The average Bonchev–Trinajstić information content (AvgIpc) is 3.36. The van der Waals surface area contributed by atoms with Gasteiger partial charge in [-0.1, -0.05) is 43.0 Å². The topological polar surface area (TPSA) is 107 Å². The quantitative estimate of drug-likeness (QED) is 0.249. The predicted octanol–water partition coefficient (Wildman–Crippen LogP) is 5.26. The van der Waals surface area contributed by atoms with Crippen molar-refractivity contribution in [2.75, 3.05) is 18.8 Å². The van der Waals surface area contributed by atoms with E-state index in [4.69, 9.17) is 10.8 Å². The number of aryl methyl sites for hydroxylation is 1. The van der Waals surface area contributed by atoms with E-state index < -0.39 is 11.7 Å². The number of rotatable bonds is 7. The summed E-state index contributed by atoms with van der Waals surface area (Å²) in [7, 11) is 0. The molecule has 1 saturated heterocycles. The van der Waals surface area contributed by atoms with E-state index in [2.05, 4.69) is 16.5 Å². The number of carbonyl (C=O) groups is 2. The number of nitrogen functional groups attached to an aromatic ring is 1. The number of hydrogen-bond acceptors (Lipinski definition) is 6. The molecule has 11 heteroatoms. The molecule has 2 aromatic heterocycles. The predicted molar refractivity (Wildman–Crippen MR) is 144 cm³/mol. The van der Waals surface area contributed by atoms with Gasteiger partial charge in [-0.3, -0.25) is 9.59 Å². The van der Waals surface area contributed by atoms with Crippen molar-refractivity contribution < 1.29 is 22.8 Å². The Morgan fingerprint density at radius 3 is 2.48 bits per heavy atom. The lowest BCUT2D eigenvalue weighted by Gasteiger charge is -2.32. The van der Waals surface area contributed by atoms with Crippen LogP contribution in [0.15, 0.2) is 67.5 Å². The van der Waals surface area contributed by atoms with Gasteiger partial charge in [0.15, 0.2) is 11.4 Å². The molecule has 8 nitrogen and oxygen atoms in total. The number of amides is 1. The third-order valence-electron chi connectivity index (χ3n) is 7.15. The number of nitrogens with two attached hydrogens (primary N) is 1. The Bertz CT molecular complexity index is 1560. The largest absolute Gasteiger partial charge is 0.416 e. The minimum atomic E-state index is -4.44. The molecule has 0 saturated carbocycles. The molecule has 2 aromatic carbocycles. The van der Waals surface area contributed by atoms with Gasteiger partial charge in [-0.2, -0.15) is 18.3 Å². The van der Waals surface area contributed by atoms with E-state index in [-0.39, 0.29) is 29.7 Å². The first-order valence-electron chi connectivity index (χ1n) is 12.9. The fraction of sp³-hybridized carbons (Fsp3) is 0.276. The van der Waals surface area contributed by atoms with Gasteiger partial charge in [0.05, 0.1) is 17.0 Å². The Labute approximate surface area is 228 Å². The summed E-state index contributed by atoms with van der Waals surface area (Å²) < 4.78 is 40.2. The maximum atomic E-state index is 12.8. The third kappa shape index (κ3) is 5.45. The maximum Gasteiger partial charge on any atom is 0.416 e. The van der Waals surface area contributed by atoms with Crippen molar-refractivity contribution in [3.63, 3.8) is 0 Å². The fourth-order valence-corrected chi connectivity index (χ4v) is 5.01. The van der Waals surface area contributed by atoms with E-state index in [1.54, 1.807) is 4.90 Å². The van der Waals surface area contributed by atoms with Crippen LogP contribution in [0, 0.1) is 0 Å². The average molecular weight is 549 g/mol. The first-order valence-corrected chi connectivity index (χ1v) is 12.9. The molecule has 1 aliphatic rings. The van der Waals surface area contributed by atoms with Gasteiger partial charge >= 0.3 is 6.18 Å². The molecule has 1 atom stereocenters. The molecule has 1 fully saturated rings. The van der Waals surface area contributed by atoms with Gasteiger partial charge in [-0.25, -0.2) is 14.6 Å². The minimum Gasteiger partial charge on any atom is -0.383 e. The lowest BCUT2D eigenvalue weighted by atomic mass is 10.00. The van der Waals surface area contributed by atoms with Gasteiger partial charge in [0.1, 0.15) is 17.8 Å². The summed E-state index contributed by atoms with van der Waals surface area (Å²) in [6.07, 6.45) is 0.497. The van der Waals surface area contributed by atoms with Crippen molar-refractivity contribution in [3.05, 3.63) is 84.2 Å². The molecule has 0 unspecified atom stereocenters. The van der Waals surface area contributed by atoms with Crippen molar-refractivity contribution in [3.8, 4) is 11.3 Å². The highest BCUT2D eigenvalue weighted by atomic mass is 19.4. The number of fused-ring (bicyclic) bond motifs is 1. The summed E-state index contributed by atoms with van der Waals surface area (Å²) in [5.41, 5.74) is 8.60. The van der Waals surface area contributed by atoms with Gasteiger partial charge in [0.2, 0.25) is 5.91 Å². The van der Waals surface area contributed by atoms with E-state index in [1.165, 1.54) is 24.5 Å². The highest BCUT2D eigenvalue weighted by Gasteiger charge is 2.30. The molecule has 1 amide bonds. The Morgan fingerprint density at radius 2 is 1.80 bits per heavy atom. The van der Waals surface area contributed by atoms with Gasteiger partial charge < -0.3 is 10.6 Å². The van der Waals surface area contributed by atoms with Crippen LogP contribution < -0.4 is 5.73 Å². The van der Waals surface area contributed by atoms with Crippen LogP contribution >= 0.6 is 0 Å². The minimum absolute atomic E-state index is 0.0846. The molecule has 5 rings (SSSR count). The first kappa shape index (κ1) is 27.0. The summed E-state index contributed by atoms with van der Waals surface area (Å²) >= 11 is 0. The van der Waals surface area contributed by atoms with E-state index in [9.17, 15) is 22.8 Å². The smallest absolute Gasteiger partial charge is 0.383 e. The zero-order chi connectivity index (χ0) is 28.4. The summed E-state index contributed by atoms with van der Waals surface area (Å²) in [5, 5.41) is 5.49. The molecule has 0 aliphatic carbocycles. The molecule has 2 N–H and O–H groups in total. The molecule has 1 aliphatic heterocycles. The zero-order valence-corrected chi connectivity index (χ0v) is 21.6. The second-order valence-electron chi connectivity index (χ2n) is 9.73. The van der Waals surface area contributed by atoms with Gasteiger partial charge in [0.25, 0.3) is 0 Å². The summed E-state index contributed by atoms with van der Waals surface area (Å²) in [6, 6.07) is 11.7. The number of aromatic nitrogens is 4. The standard InChI is InChI=1S/C29H27F3N6O2/c1-2-24(40)37-15-3-4-22(16-37)38-28-25(27(33)34-17-35-28)26(36-38)20-8-5-18(6-9-20)7-14-23(39)19-10-12-21(13-11-19)29(30,31)32/h2,5-6,8-13,17,22H,1,3-4,7,14-16H2,(H2,33,34,35)/t22-/m1/s1. The number of anilines is 1. The van der Waals surface area contributed by atoms with Crippen LogP contribution in [-0.2, 0) is 17.4 Å². The molecule has 0 bridgehead atoms. The number of piperidine rings is 1. The second kappa shape index (κ2) is 10.9. The number of nitrogens with zero attached hydrogens (tertiary/aromatic N) is 5. The fourth-order valence-electron chi connectivity index (χ4n) is 5.01. The van der Waals surface area contributed by atoms with Crippen molar-refractivity contribution >= 4 is 28.5 Å². The number of likely N-dealkylation sites (tertiary alicyclic amines) is 1. The first-order chi connectivity index (χ1) is 19.2. The Kier molecular flexibility index (Phi) is 7.38. The summed E-state index contributed by atoms with van der Waals surface area (Å²) in [4.78, 5) is 35.1. The van der Waals surface area contributed by atoms with Crippen molar-refractivity contribution in [1.29, 1.82) is 0 Å². The van der Waals surface area contributed by atoms with Crippen LogP contribution in [0.4, 0.5) is 19.0 Å². The number of Topliss-reactive ketones (excluding diaryl/α,β-unsaturated/α-hetero) is 1. The van der Waals surface area contributed by atoms with Gasteiger partial charge in [0, 0.05) is 30.6 Å². The van der Waals surface area contributed by atoms with E-state index in [1.807, 2.05) is 28.9 Å². The molecule has 0 radical (unpaired) electrons. The number of hydrogen-bond donors (Lipinski definition) is 1. The van der Waals surface area contributed by atoms with Crippen LogP contribution in [0.2, 0.25) is 0 Å². The molecule has 0 spiro atoms. The molecule has 206 valence electrons. The number of halogens is 3. The van der Waals surface area contributed by atoms with Crippen molar-refractivity contribution in [2.24, 2.45) is 0 Å². The van der Waals surface area contributed by atoms with Crippen molar-refractivity contribution in [2.45, 2.75) is 37.9 Å². The lowest BCUT2D eigenvalue weighted by molar-refractivity contribution is -0.137. The summed E-state index contributed by atoms with van der Waals surface area (Å²) in [6.45, 7) is 4.73. The molecule has 4 aromatic rings. The van der Waals surface area contributed by atoms with E-state index in [0.29, 0.717) is 42.1 Å².